The molecule has 0 saturated carbocycles. The smallest absolute Gasteiger partial charge is 0.126 e. The van der Waals surface area contributed by atoms with E-state index in [1.165, 1.54) is 0 Å². The molecule has 0 aliphatic heterocycles. The quantitative estimate of drug-likeness (QED) is 0.707. The fraction of sp³-hybridized carbons (Fsp3) is 0. The van der Waals surface area contributed by atoms with Gasteiger partial charge in [0.2, 0.25) is 0 Å². The fourth-order valence-electron chi connectivity index (χ4n) is 1.08. The van der Waals surface area contributed by atoms with Crippen LogP contribution in [0.3, 0.4) is 0 Å². The van der Waals surface area contributed by atoms with Gasteiger partial charge in [0.25, 0.3) is 0 Å². The van der Waals surface area contributed by atoms with Crippen LogP contribution in [-0.2, 0) is 0 Å². The summed E-state index contributed by atoms with van der Waals surface area (Å²) < 4.78 is 0. The average Bonchev–Trinajstić information content (AvgIpc) is 2.54. The van der Waals surface area contributed by atoms with Gasteiger partial charge in [0, 0.05) is 10.3 Å². The summed E-state index contributed by atoms with van der Waals surface area (Å²) in [6, 6.07) is 11.8. The van der Waals surface area contributed by atoms with E-state index in [9.17, 15) is 0 Å². The number of benzene rings is 1. The Hall–Kier alpha value is -1.28. The first-order valence-electron chi connectivity index (χ1n) is 3.69. The van der Waals surface area contributed by atoms with E-state index in [1.54, 1.807) is 22.8 Å². The van der Waals surface area contributed by atoms with Gasteiger partial charge in [-0.15, -0.1) is 11.3 Å². The molecule has 2 aromatic rings. The number of thiophene rings is 1. The molecule has 0 aliphatic rings. The van der Waals surface area contributed by atoms with Gasteiger partial charge in [0.05, 0.1) is 0 Å². The van der Waals surface area contributed by atoms with Crippen molar-refractivity contribution >= 4 is 11.3 Å². The molecule has 1 N–H and O–H groups in total. The molecule has 1 aromatic heterocycles. The standard InChI is InChI=1S/C10H8OS/c11-9-6-10(12-7-9)8-4-2-1-3-5-8/h1-7,11H. The summed E-state index contributed by atoms with van der Waals surface area (Å²) in [6.45, 7) is 0. The molecule has 0 radical (unpaired) electrons. The summed E-state index contributed by atoms with van der Waals surface area (Å²) >= 11 is 1.55. The highest BCUT2D eigenvalue weighted by atomic mass is 32.1. The van der Waals surface area contributed by atoms with E-state index in [0.29, 0.717) is 5.75 Å². The Morgan fingerprint density at radius 3 is 2.42 bits per heavy atom. The summed E-state index contributed by atoms with van der Waals surface area (Å²) in [5.74, 6) is 0.346. The van der Waals surface area contributed by atoms with Crippen LogP contribution >= 0.6 is 11.3 Å². The highest BCUT2D eigenvalue weighted by molar-refractivity contribution is 7.13. The van der Waals surface area contributed by atoms with Crippen molar-refractivity contribution in [3.8, 4) is 16.2 Å². The maximum atomic E-state index is 9.12. The molecule has 0 unspecified atom stereocenters. The Labute approximate surface area is 74.9 Å². The first kappa shape index (κ1) is 7.37. The minimum absolute atomic E-state index is 0.346. The summed E-state index contributed by atoms with van der Waals surface area (Å²) in [7, 11) is 0. The lowest BCUT2D eigenvalue weighted by molar-refractivity contribution is 0.478. The second-order valence-corrected chi connectivity index (χ2v) is 3.45. The van der Waals surface area contributed by atoms with Crippen LogP contribution < -0.4 is 0 Å². The van der Waals surface area contributed by atoms with Gasteiger partial charge in [-0.3, -0.25) is 0 Å². The van der Waals surface area contributed by atoms with Crippen molar-refractivity contribution in [2.75, 3.05) is 0 Å². The minimum Gasteiger partial charge on any atom is -0.507 e. The molecular formula is C10H8OS. The van der Waals surface area contributed by atoms with Gasteiger partial charge in [0.1, 0.15) is 5.75 Å². The Balaban J connectivity index is 2.45. The number of hydrogen-bond donors (Lipinski definition) is 1. The van der Waals surface area contributed by atoms with Crippen LogP contribution in [0.1, 0.15) is 0 Å². The first-order chi connectivity index (χ1) is 5.86. The van der Waals surface area contributed by atoms with Crippen molar-refractivity contribution in [2.45, 2.75) is 0 Å². The van der Waals surface area contributed by atoms with E-state index in [1.807, 2.05) is 30.3 Å². The highest BCUT2D eigenvalue weighted by Gasteiger charge is 1.99. The van der Waals surface area contributed by atoms with Gasteiger partial charge in [-0.05, 0) is 11.6 Å². The molecule has 60 valence electrons. The monoisotopic (exact) mass is 176 g/mol. The number of hydrogen-bond acceptors (Lipinski definition) is 2. The predicted molar refractivity (Wildman–Crippen MR) is 51.4 cm³/mol. The molecule has 1 heterocycles. The molecule has 2 heteroatoms. The molecule has 0 amide bonds. The van der Waals surface area contributed by atoms with E-state index in [0.717, 1.165) is 10.4 Å². The van der Waals surface area contributed by atoms with Crippen LogP contribution in [0.2, 0.25) is 0 Å². The van der Waals surface area contributed by atoms with Gasteiger partial charge in [0.15, 0.2) is 0 Å². The van der Waals surface area contributed by atoms with Crippen molar-refractivity contribution in [2.24, 2.45) is 0 Å². The van der Waals surface area contributed by atoms with Gasteiger partial charge >= 0.3 is 0 Å². The van der Waals surface area contributed by atoms with E-state index >= 15 is 0 Å². The summed E-state index contributed by atoms with van der Waals surface area (Å²) in [5.41, 5.74) is 1.16. The maximum Gasteiger partial charge on any atom is 0.126 e. The second kappa shape index (κ2) is 2.99. The molecule has 1 aromatic carbocycles. The third-order valence-electron chi connectivity index (χ3n) is 1.64. The van der Waals surface area contributed by atoms with Crippen molar-refractivity contribution in [3.63, 3.8) is 0 Å². The van der Waals surface area contributed by atoms with Crippen LogP contribution in [0.4, 0.5) is 0 Å². The van der Waals surface area contributed by atoms with Gasteiger partial charge in [-0.2, -0.15) is 0 Å². The lowest BCUT2D eigenvalue weighted by atomic mass is 10.2. The molecule has 0 saturated heterocycles. The Kier molecular flexibility index (Phi) is 1.84. The van der Waals surface area contributed by atoms with Crippen molar-refractivity contribution in [1.29, 1.82) is 0 Å². The normalized spacial score (nSPS) is 10.0. The van der Waals surface area contributed by atoms with Crippen molar-refractivity contribution in [1.82, 2.24) is 0 Å². The number of aromatic hydroxyl groups is 1. The van der Waals surface area contributed by atoms with Crippen LogP contribution in [0.15, 0.2) is 41.8 Å². The minimum atomic E-state index is 0.346. The van der Waals surface area contributed by atoms with E-state index < -0.39 is 0 Å². The van der Waals surface area contributed by atoms with Gasteiger partial charge in [-0.1, -0.05) is 30.3 Å². The lowest BCUT2D eigenvalue weighted by Gasteiger charge is -1.93. The molecule has 0 fully saturated rings. The van der Waals surface area contributed by atoms with Crippen molar-refractivity contribution < 1.29 is 5.11 Å². The molecule has 0 bridgehead atoms. The summed E-state index contributed by atoms with van der Waals surface area (Å²) in [6.07, 6.45) is 0. The van der Waals surface area contributed by atoms with Crippen LogP contribution in [0.25, 0.3) is 10.4 Å². The summed E-state index contributed by atoms with van der Waals surface area (Å²) in [5, 5.41) is 10.9. The molecular weight excluding hydrogens is 168 g/mol. The highest BCUT2D eigenvalue weighted by Crippen LogP contribution is 2.29. The van der Waals surface area contributed by atoms with Crippen molar-refractivity contribution in [3.05, 3.63) is 41.8 Å². The molecule has 0 aliphatic carbocycles. The topological polar surface area (TPSA) is 20.2 Å². The zero-order chi connectivity index (χ0) is 8.39. The van der Waals surface area contributed by atoms with E-state index in [-0.39, 0.29) is 0 Å². The Bertz CT molecular complexity index is 364. The van der Waals surface area contributed by atoms with E-state index in [4.69, 9.17) is 5.11 Å². The van der Waals surface area contributed by atoms with Crippen LogP contribution in [0, 0.1) is 0 Å². The molecule has 2 rings (SSSR count). The van der Waals surface area contributed by atoms with Crippen LogP contribution in [0.5, 0.6) is 5.75 Å². The summed E-state index contributed by atoms with van der Waals surface area (Å²) in [4.78, 5) is 1.10. The van der Waals surface area contributed by atoms with Crippen LogP contribution in [-0.4, -0.2) is 5.11 Å². The molecule has 12 heavy (non-hydrogen) atoms. The lowest BCUT2D eigenvalue weighted by Crippen LogP contribution is -1.67. The SMILES string of the molecule is Oc1csc(-c2ccccc2)c1. The van der Waals surface area contributed by atoms with Gasteiger partial charge in [-0.25, -0.2) is 0 Å². The zero-order valence-corrected chi connectivity index (χ0v) is 7.21. The maximum absolute atomic E-state index is 9.12. The first-order valence-corrected chi connectivity index (χ1v) is 4.57. The largest absolute Gasteiger partial charge is 0.507 e. The third kappa shape index (κ3) is 1.34. The Morgan fingerprint density at radius 1 is 1.08 bits per heavy atom. The Morgan fingerprint density at radius 2 is 1.83 bits per heavy atom. The molecule has 0 atom stereocenters. The fourth-order valence-corrected chi connectivity index (χ4v) is 1.86. The van der Waals surface area contributed by atoms with E-state index in [2.05, 4.69) is 0 Å². The molecule has 0 spiro atoms. The predicted octanol–water partition coefficient (Wildman–Crippen LogP) is 3.12. The van der Waals surface area contributed by atoms with Gasteiger partial charge < -0.3 is 5.11 Å². The second-order valence-electron chi connectivity index (χ2n) is 2.54. The molecule has 1 nitrogen and oxygen atoms in total. The number of rotatable bonds is 1. The zero-order valence-electron chi connectivity index (χ0n) is 6.40. The average molecular weight is 176 g/mol. The third-order valence-corrected chi connectivity index (χ3v) is 2.61.